The molecule has 120 valence electrons. The van der Waals surface area contributed by atoms with E-state index in [1.165, 1.54) is 6.26 Å². The molecular weight excluding hydrogens is 330 g/mol. The minimum absolute atomic E-state index is 0.0253. The van der Waals surface area contributed by atoms with Crippen molar-refractivity contribution in [1.29, 1.82) is 0 Å². The minimum Gasteiger partial charge on any atom is -0.338 e. The van der Waals surface area contributed by atoms with Gasteiger partial charge in [0.15, 0.2) is 5.82 Å². The molecule has 1 aliphatic rings. The third-order valence-corrected chi connectivity index (χ3v) is 7.50. The van der Waals surface area contributed by atoms with Crippen LogP contribution in [0.3, 0.4) is 0 Å². The Morgan fingerprint density at radius 3 is 2.81 bits per heavy atom. The fourth-order valence-electron chi connectivity index (χ4n) is 2.12. The van der Waals surface area contributed by atoms with Crippen molar-refractivity contribution in [2.45, 2.75) is 36.3 Å². The van der Waals surface area contributed by atoms with Crippen molar-refractivity contribution in [3.8, 4) is 0 Å². The Balaban J connectivity index is 2.03. The Labute approximate surface area is 133 Å². The quantitative estimate of drug-likeness (QED) is 0.828. The number of hydrogen-bond donors (Lipinski definition) is 1. The van der Waals surface area contributed by atoms with Gasteiger partial charge in [0.05, 0.1) is 17.0 Å². The standard InChI is InChI=1S/C12H21N3O3S3/c1-3-9-10(20-6-5-19-9)11-14-12(18-15-11)8(13)4-7-21(2,16)17/h8-10H,3-7,13H2,1-2H3. The fraction of sp³-hybridized carbons (Fsp3) is 0.833. The molecule has 3 atom stereocenters. The lowest BCUT2D eigenvalue weighted by molar-refractivity contribution is 0.348. The van der Waals surface area contributed by atoms with Crippen molar-refractivity contribution < 1.29 is 12.9 Å². The SMILES string of the molecule is CCC1SCCSC1c1noc(C(N)CCS(C)(=O)=O)n1. The van der Waals surface area contributed by atoms with E-state index in [1.807, 2.05) is 23.5 Å². The Kier molecular flexibility index (Phi) is 5.98. The van der Waals surface area contributed by atoms with E-state index in [9.17, 15) is 8.42 Å². The number of nitrogens with zero attached hydrogens (tertiary/aromatic N) is 2. The molecule has 9 heteroatoms. The maximum absolute atomic E-state index is 11.2. The summed E-state index contributed by atoms with van der Waals surface area (Å²) in [5.74, 6) is 3.27. The van der Waals surface area contributed by atoms with Gasteiger partial charge in [0.2, 0.25) is 5.89 Å². The normalized spacial score (nSPS) is 24.9. The van der Waals surface area contributed by atoms with Crippen LogP contribution >= 0.6 is 23.5 Å². The van der Waals surface area contributed by atoms with E-state index < -0.39 is 15.9 Å². The molecule has 0 saturated carbocycles. The highest BCUT2D eigenvalue weighted by Gasteiger charge is 2.31. The van der Waals surface area contributed by atoms with Crippen molar-refractivity contribution >= 4 is 33.4 Å². The van der Waals surface area contributed by atoms with Crippen LogP contribution < -0.4 is 5.73 Å². The van der Waals surface area contributed by atoms with Gasteiger partial charge in [-0.1, -0.05) is 12.1 Å². The summed E-state index contributed by atoms with van der Waals surface area (Å²) < 4.78 is 27.6. The van der Waals surface area contributed by atoms with Crippen molar-refractivity contribution in [2.24, 2.45) is 5.73 Å². The Morgan fingerprint density at radius 1 is 1.43 bits per heavy atom. The van der Waals surface area contributed by atoms with Gasteiger partial charge in [-0.2, -0.15) is 16.7 Å². The summed E-state index contributed by atoms with van der Waals surface area (Å²) in [6.45, 7) is 2.16. The molecule has 0 bridgehead atoms. The highest BCUT2D eigenvalue weighted by Crippen LogP contribution is 2.43. The van der Waals surface area contributed by atoms with Crippen LogP contribution in [0.1, 0.15) is 42.8 Å². The lowest BCUT2D eigenvalue weighted by Crippen LogP contribution is -2.20. The van der Waals surface area contributed by atoms with Crippen LogP contribution in [0.5, 0.6) is 0 Å². The van der Waals surface area contributed by atoms with Gasteiger partial charge in [0.1, 0.15) is 9.84 Å². The van der Waals surface area contributed by atoms with Gasteiger partial charge in [-0.15, -0.1) is 11.8 Å². The van der Waals surface area contributed by atoms with Crippen LogP contribution in [-0.2, 0) is 9.84 Å². The van der Waals surface area contributed by atoms with Gasteiger partial charge >= 0.3 is 0 Å². The molecule has 6 nitrogen and oxygen atoms in total. The zero-order valence-corrected chi connectivity index (χ0v) is 14.6. The molecule has 21 heavy (non-hydrogen) atoms. The summed E-state index contributed by atoms with van der Waals surface area (Å²) in [5.41, 5.74) is 5.94. The van der Waals surface area contributed by atoms with Gasteiger partial charge in [0.25, 0.3) is 0 Å². The highest BCUT2D eigenvalue weighted by atomic mass is 32.2. The molecule has 2 heterocycles. The van der Waals surface area contributed by atoms with Gasteiger partial charge in [-0.25, -0.2) is 8.42 Å². The van der Waals surface area contributed by atoms with Crippen molar-refractivity contribution in [3.63, 3.8) is 0 Å². The Morgan fingerprint density at radius 2 is 2.14 bits per heavy atom. The first-order valence-electron chi connectivity index (χ1n) is 6.90. The van der Waals surface area contributed by atoms with E-state index >= 15 is 0 Å². The molecule has 2 N–H and O–H groups in total. The molecule has 0 radical (unpaired) electrons. The summed E-state index contributed by atoms with van der Waals surface area (Å²) >= 11 is 3.79. The van der Waals surface area contributed by atoms with Crippen LogP contribution in [0, 0.1) is 0 Å². The first-order chi connectivity index (χ1) is 9.90. The van der Waals surface area contributed by atoms with E-state index in [4.69, 9.17) is 10.3 Å². The molecule has 0 aliphatic carbocycles. The average molecular weight is 352 g/mol. The third-order valence-electron chi connectivity index (χ3n) is 3.28. The summed E-state index contributed by atoms with van der Waals surface area (Å²) in [7, 11) is -3.03. The van der Waals surface area contributed by atoms with Crippen molar-refractivity contribution in [2.75, 3.05) is 23.5 Å². The van der Waals surface area contributed by atoms with Crippen molar-refractivity contribution in [3.05, 3.63) is 11.7 Å². The van der Waals surface area contributed by atoms with Gasteiger partial charge < -0.3 is 10.3 Å². The predicted octanol–water partition coefficient (Wildman–Crippen LogP) is 1.80. The van der Waals surface area contributed by atoms with E-state index in [0.717, 1.165) is 17.9 Å². The molecule has 2 rings (SSSR count). The van der Waals surface area contributed by atoms with Crippen molar-refractivity contribution in [1.82, 2.24) is 10.1 Å². The first kappa shape index (κ1) is 17.1. The first-order valence-corrected chi connectivity index (χ1v) is 11.1. The molecule has 3 unspecified atom stereocenters. The molecule has 0 aromatic carbocycles. The fourth-order valence-corrected chi connectivity index (χ4v) is 5.78. The Hall–Kier alpha value is -0.250. The molecule has 1 aliphatic heterocycles. The van der Waals surface area contributed by atoms with Crippen LogP contribution in [-0.4, -0.2) is 47.3 Å². The molecule has 0 spiro atoms. The van der Waals surface area contributed by atoms with E-state index in [-0.39, 0.29) is 11.0 Å². The summed E-state index contributed by atoms with van der Waals surface area (Å²) in [4.78, 5) is 4.40. The topological polar surface area (TPSA) is 99.1 Å². The predicted molar refractivity (Wildman–Crippen MR) is 87.3 cm³/mol. The Bertz CT molecular complexity index is 561. The molecule has 0 amide bonds. The molecule has 1 aromatic heterocycles. The molecule has 1 aromatic rings. The summed E-state index contributed by atoms with van der Waals surface area (Å²) in [6, 6.07) is -0.526. The zero-order valence-electron chi connectivity index (χ0n) is 12.2. The van der Waals surface area contributed by atoms with Crippen LogP contribution in [0.25, 0.3) is 0 Å². The smallest absolute Gasteiger partial charge is 0.243 e. The molecular formula is C12H21N3O3S3. The van der Waals surface area contributed by atoms with Gasteiger partial charge in [0, 0.05) is 23.0 Å². The second-order valence-corrected chi connectivity index (χ2v) is 9.98. The second-order valence-electron chi connectivity index (χ2n) is 5.12. The van der Waals surface area contributed by atoms with E-state index in [2.05, 4.69) is 17.1 Å². The number of aromatic nitrogens is 2. The van der Waals surface area contributed by atoms with Crippen LogP contribution in [0.2, 0.25) is 0 Å². The lowest BCUT2D eigenvalue weighted by atomic mass is 10.2. The number of hydrogen-bond acceptors (Lipinski definition) is 8. The maximum atomic E-state index is 11.2. The number of thioether (sulfide) groups is 2. The maximum Gasteiger partial charge on any atom is 0.243 e. The van der Waals surface area contributed by atoms with E-state index in [0.29, 0.717) is 23.4 Å². The van der Waals surface area contributed by atoms with Gasteiger partial charge in [-0.05, 0) is 12.8 Å². The second kappa shape index (κ2) is 7.34. The average Bonchev–Trinajstić information content (AvgIpc) is 2.93. The monoisotopic (exact) mass is 351 g/mol. The number of rotatable bonds is 6. The zero-order chi connectivity index (χ0) is 15.5. The minimum atomic E-state index is -3.03. The largest absolute Gasteiger partial charge is 0.338 e. The van der Waals surface area contributed by atoms with Crippen LogP contribution in [0.4, 0.5) is 0 Å². The summed E-state index contributed by atoms with van der Waals surface area (Å²) in [5, 5.41) is 4.77. The number of nitrogens with two attached hydrogens (primary N) is 1. The van der Waals surface area contributed by atoms with Gasteiger partial charge in [-0.3, -0.25) is 0 Å². The lowest BCUT2D eigenvalue weighted by Gasteiger charge is -2.27. The van der Waals surface area contributed by atoms with Crippen LogP contribution in [0.15, 0.2) is 4.52 Å². The third kappa shape index (κ3) is 4.87. The highest BCUT2D eigenvalue weighted by molar-refractivity contribution is 8.06. The summed E-state index contributed by atoms with van der Waals surface area (Å²) in [6.07, 6.45) is 2.55. The molecule has 1 fully saturated rings. The number of sulfone groups is 1. The molecule has 1 saturated heterocycles. The van der Waals surface area contributed by atoms with E-state index in [1.54, 1.807) is 0 Å².